The van der Waals surface area contributed by atoms with Gasteiger partial charge in [-0.3, -0.25) is 9.88 Å². The van der Waals surface area contributed by atoms with Gasteiger partial charge in [-0.2, -0.15) is 0 Å². The van der Waals surface area contributed by atoms with Gasteiger partial charge >= 0.3 is 0 Å². The minimum absolute atomic E-state index is 0.248. The smallest absolute Gasteiger partial charge is 0.240 e. The van der Waals surface area contributed by atoms with Crippen LogP contribution >= 0.6 is 0 Å². The molecule has 1 aliphatic rings. The van der Waals surface area contributed by atoms with Crippen molar-refractivity contribution in [2.75, 3.05) is 44.7 Å². The zero-order chi connectivity index (χ0) is 23.6. The van der Waals surface area contributed by atoms with Crippen LogP contribution in [-0.2, 0) is 14.8 Å². The van der Waals surface area contributed by atoms with Crippen LogP contribution in [0.15, 0.2) is 78.0 Å². The van der Waals surface area contributed by atoms with Gasteiger partial charge in [-0.25, -0.2) is 13.1 Å². The van der Waals surface area contributed by atoms with Gasteiger partial charge in [-0.05, 0) is 66.6 Å². The lowest BCUT2D eigenvalue weighted by Gasteiger charge is -2.26. The second-order valence-corrected chi connectivity index (χ2v) is 9.86. The second-order valence-electron chi connectivity index (χ2n) is 8.10. The summed E-state index contributed by atoms with van der Waals surface area (Å²) in [6.45, 7) is 4.57. The molecule has 7 nitrogen and oxygen atoms in total. The molecule has 2 aromatic carbocycles. The van der Waals surface area contributed by atoms with Gasteiger partial charge in [0.25, 0.3) is 0 Å². The van der Waals surface area contributed by atoms with Gasteiger partial charge in [0.15, 0.2) is 0 Å². The van der Waals surface area contributed by atoms with Crippen molar-refractivity contribution < 1.29 is 13.2 Å². The van der Waals surface area contributed by atoms with Crippen molar-refractivity contribution in [3.63, 3.8) is 0 Å². The first-order valence-corrected chi connectivity index (χ1v) is 12.9. The number of hydrogen-bond acceptors (Lipinski definition) is 6. The highest BCUT2D eigenvalue weighted by atomic mass is 32.2. The van der Waals surface area contributed by atoms with E-state index in [1.54, 1.807) is 30.6 Å². The Hall–Kier alpha value is -3.04. The van der Waals surface area contributed by atoms with Crippen molar-refractivity contribution in [1.82, 2.24) is 14.6 Å². The Labute approximate surface area is 201 Å². The highest BCUT2D eigenvalue weighted by molar-refractivity contribution is 7.89. The molecule has 2 N–H and O–H groups in total. The highest BCUT2D eigenvalue weighted by Gasteiger charge is 2.15. The molecule has 1 fully saturated rings. The standard InChI is InChI=1S/C26H30N4O3S/c31-34(32,28-12-3-15-30-16-18-33-19-17-30)26-7-2-6-25(21-26)29-24-5-1-4-23(20-24)9-8-22-10-13-27-14-11-22/h1-2,4-11,13-14,20-21,28-29H,3,12,15-19H2. The van der Waals surface area contributed by atoms with Gasteiger partial charge in [0, 0.05) is 43.4 Å². The van der Waals surface area contributed by atoms with Crippen molar-refractivity contribution in [2.45, 2.75) is 11.3 Å². The molecule has 1 aromatic heterocycles. The van der Waals surface area contributed by atoms with Crippen LogP contribution in [0.4, 0.5) is 11.4 Å². The minimum atomic E-state index is -3.57. The number of aromatic nitrogens is 1. The van der Waals surface area contributed by atoms with Crippen LogP contribution in [0, 0.1) is 0 Å². The molecule has 34 heavy (non-hydrogen) atoms. The van der Waals surface area contributed by atoms with E-state index in [1.807, 2.05) is 54.6 Å². The van der Waals surface area contributed by atoms with Crippen molar-refractivity contribution in [3.05, 3.63) is 84.2 Å². The largest absolute Gasteiger partial charge is 0.379 e. The first-order chi connectivity index (χ1) is 16.6. The van der Waals surface area contributed by atoms with Crippen LogP contribution in [0.3, 0.4) is 0 Å². The number of ether oxygens (including phenoxy) is 1. The minimum Gasteiger partial charge on any atom is -0.379 e. The molecule has 1 saturated heterocycles. The van der Waals surface area contributed by atoms with Gasteiger partial charge in [-0.15, -0.1) is 0 Å². The van der Waals surface area contributed by atoms with Crippen LogP contribution in [0.2, 0.25) is 0 Å². The molecule has 0 unspecified atom stereocenters. The summed E-state index contributed by atoms with van der Waals surface area (Å²) in [7, 11) is -3.57. The van der Waals surface area contributed by atoms with E-state index < -0.39 is 10.0 Å². The summed E-state index contributed by atoms with van der Waals surface area (Å²) >= 11 is 0. The number of pyridine rings is 1. The Balaban J connectivity index is 1.35. The topological polar surface area (TPSA) is 83.6 Å². The maximum Gasteiger partial charge on any atom is 0.240 e. The van der Waals surface area contributed by atoms with E-state index >= 15 is 0 Å². The number of sulfonamides is 1. The fourth-order valence-corrected chi connectivity index (χ4v) is 4.83. The Morgan fingerprint density at radius 3 is 2.41 bits per heavy atom. The second kappa shape index (κ2) is 11.9. The van der Waals surface area contributed by atoms with Gasteiger partial charge in [-0.1, -0.05) is 30.4 Å². The summed E-state index contributed by atoms with van der Waals surface area (Å²) < 4.78 is 33.6. The molecule has 2 heterocycles. The Bertz CT molecular complexity index is 1190. The van der Waals surface area contributed by atoms with Crippen LogP contribution < -0.4 is 10.0 Å². The van der Waals surface area contributed by atoms with Gasteiger partial charge < -0.3 is 10.1 Å². The number of nitrogens with zero attached hydrogens (tertiary/aromatic N) is 2. The number of rotatable bonds is 10. The third kappa shape index (κ3) is 7.23. The number of nitrogens with one attached hydrogen (secondary N) is 2. The SMILES string of the molecule is O=S(=O)(NCCCN1CCOCC1)c1cccc(Nc2cccc(C=Cc3ccncc3)c2)c1. The van der Waals surface area contributed by atoms with Crippen LogP contribution in [0.25, 0.3) is 12.2 Å². The highest BCUT2D eigenvalue weighted by Crippen LogP contribution is 2.22. The van der Waals surface area contributed by atoms with Crippen LogP contribution in [0.5, 0.6) is 0 Å². The zero-order valence-electron chi connectivity index (χ0n) is 19.1. The maximum atomic E-state index is 12.8. The summed E-state index contributed by atoms with van der Waals surface area (Å²) in [5.41, 5.74) is 3.70. The molecule has 1 aliphatic heterocycles. The van der Waals surface area contributed by atoms with E-state index in [0.29, 0.717) is 12.2 Å². The van der Waals surface area contributed by atoms with Crippen molar-refractivity contribution in [2.24, 2.45) is 0 Å². The Morgan fingerprint density at radius 1 is 0.912 bits per heavy atom. The average molecular weight is 479 g/mol. The van der Waals surface area contributed by atoms with E-state index in [1.165, 1.54) is 0 Å². The fourth-order valence-electron chi connectivity index (χ4n) is 3.71. The molecular formula is C26H30N4O3S. The fraction of sp³-hybridized carbons (Fsp3) is 0.269. The summed E-state index contributed by atoms with van der Waals surface area (Å²) in [5, 5.41) is 3.31. The van der Waals surface area contributed by atoms with Crippen molar-refractivity contribution >= 4 is 33.6 Å². The molecule has 8 heteroatoms. The van der Waals surface area contributed by atoms with E-state index in [4.69, 9.17) is 4.74 Å². The molecule has 0 bridgehead atoms. The lowest BCUT2D eigenvalue weighted by molar-refractivity contribution is 0.0376. The number of anilines is 2. The maximum absolute atomic E-state index is 12.8. The molecule has 4 rings (SSSR count). The monoisotopic (exact) mass is 478 g/mol. The molecule has 0 radical (unpaired) electrons. The van der Waals surface area contributed by atoms with Crippen LogP contribution in [0.1, 0.15) is 17.5 Å². The van der Waals surface area contributed by atoms with Gasteiger partial charge in [0.2, 0.25) is 10.0 Å². The van der Waals surface area contributed by atoms with Gasteiger partial charge in [0.1, 0.15) is 0 Å². The molecule has 0 amide bonds. The molecule has 178 valence electrons. The quantitative estimate of drug-likeness (QED) is 0.429. The zero-order valence-corrected chi connectivity index (χ0v) is 19.9. The van der Waals surface area contributed by atoms with Gasteiger partial charge in [0.05, 0.1) is 18.1 Å². The Morgan fingerprint density at radius 2 is 1.62 bits per heavy atom. The molecule has 3 aromatic rings. The van der Waals surface area contributed by atoms with E-state index in [-0.39, 0.29) is 4.90 Å². The molecule has 0 spiro atoms. The third-order valence-corrected chi connectivity index (χ3v) is 7.00. The van der Waals surface area contributed by atoms with Crippen molar-refractivity contribution in [3.8, 4) is 0 Å². The summed E-state index contributed by atoms with van der Waals surface area (Å²) in [6, 6.07) is 18.7. The number of hydrogen-bond donors (Lipinski definition) is 2. The van der Waals surface area contributed by atoms with E-state index in [9.17, 15) is 8.42 Å². The summed E-state index contributed by atoms with van der Waals surface area (Å²) in [6.07, 6.45) is 8.34. The molecule has 0 saturated carbocycles. The molecule has 0 aliphatic carbocycles. The third-order valence-electron chi connectivity index (χ3n) is 5.54. The first-order valence-electron chi connectivity index (χ1n) is 11.4. The predicted octanol–water partition coefficient (Wildman–Crippen LogP) is 4.00. The van der Waals surface area contributed by atoms with E-state index in [2.05, 4.69) is 19.9 Å². The normalized spacial score (nSPS) is 14.9. The van der Waals surface area contributed by atoms with E-state index in [0.717, 1.165) is 56.1 Å². The molecular weight excluding hydrogens is 448 g/mol. The Kier molecular flexibility index (Phi) is 8.43. The predicted molar refractivity (Wildman–Crippen MR) is 136 cm³/mol. The van der Waals surface area contributed by atoms with Crippen molar-refractivity contribution in [1.29, 1.82) is 0 Å². The van der Waals surface area contributed by atoms with Crippen LogP contribution in [-0.4, -0.2) is 57.7 Å². The average Bonchev–Trinajstić information content (AvgIpc) is 2.87. The molecule has 0 atom stereocenters. The lowest BCUT2D eigenvalue weighted by Crippen LogP contribution is -2.38. The summed E-state index contributed by atoms with van der Waals surface area (Å²) in [4.78, 5) is 6.57. The lowest BCUT2D eigenvalue weighted by atomic mass is 10.1. The summed E-state index contributed by atoms with van der Waals surface area (Å²) in [5.74, 6) is 0. The number of morpholine rings is 1. The number of benzene rings is 2. The first kappa shape index (κ1) is 24.1.